The summed E-state index contributed by atoms with van der Waals surface area (Å²) in [5.41, 5.74) is 9.83. The summed E-state index contributed by atoms with van der Waals surface area (Å²) in [6.45, 7) is 1.84. The van der Waals surface area contributed by atoms with Crippen molar-refractivity contribution in [1.29, 1.82) is 5.26 Å². The molecule has 0 aliphatic carbocycles. The van der Waals surface area contributed by atoms with E-state index in [4.69, 9.17) is 15.2 Å². The molecule has 0 bridgehead atoms. The van der Waals surface area contributed by atoms with Crippen LogP contribution in [0.5, 0.6) is 17.4 Å². The van der Waals surface area contributed by atoms with Crippen LogP contribution < -0.4 is 15.2 Å². The molecule has 1 aliphatic heterocycles. The number of rotatable bonds is 3. The number of benzene rings is 2. The van der Waals surface area contributed by atoms with Crippen LogP contribution in [0.3, 0.4) is 0 Å². The Morgan fingerprint density at radius 2 is 1.97 bits per heavy atom. The van der Waals surface area contributed by atoms with E-state index >= 15 is 0 Å². The molecule has 1 aliphatic rings. The monoisotopic (exact) mass is 530 g/mol. The lowest BCUT2D eigenvalue weighted by Crippen LogP contribution is -2.33. The van der Waals surface area contributed by atoms with Gasteiger partial charge in [-0.25, -0.2) is 4.68 Å². The first kappa shape index (κ1) is 20.5. The number of methoxy groups -OCH3 is 1. The quantitative estimate of drug-likeness (QED) is 0.518. The fourth-order valence-corrected chi connectivity index (χ4v) is 4.12. The summed E-state index contributed by atoms with van der Waals surface area (Å²) in [4.78, 5) is 0. The molecule has 1 atom stereocenters. The molecule has 3 N–H and O–H groups in total. The minimum Gasteiger partial charge on any atom is -0.503 e. The molecule has 1 aromatic heterocycles. The van der Waals surface area contributed by atoms with Gasteiger partial charge in [-0.1, -0.05) is 15.9 Å². The van der Waals surface area contributed by atoms with E-state index < -0.39 is 6.23 Å². The van der Waals surface area contributed by atoms with Crippen molar-refractivity contribution in [1.82, 2.24) is 9.78 Å². The normalized spacial score (nSPS) is 15.4. The molecule has 0 spiro atoms. The van der Waals surface area contributed by atoms with Gasteiger partial charge in [0.1, 0.15) is 6.07 Å². The van der Waals surface area contributed by atoms with E-state index in [-0.39, 0.29) is 17.1 Å². The summed E-state index contributed by atoms with van der Waals surface area (Å²) in [5.74, 6) is 0.683. The largest absolute Gasteiger partial charge is 0.503 e. The van der Waals surface area contributed by atoms with Crippen LogP contribution in [0, 0.1) is 18.3 Å². The predicted octanol–water partition coefficient (Wildman–Crippen LogP) is 4.42. The average molecular weight is 532 g/mol. The van der Waals surface area contributed by atoms with Crippen LogP contribution in [-0.2, 0) is 0 Å². The maximum absolute atomic E-state index is 10.2. The molecule has 7 nitrogen and oxygen atoms in total. The van der Waals surface area contributed by atoms with Crippen LogP contribution in [0.15, 0.2) is 50.9 Å². The lowest BCUT2D eigenvalue weighted by atomic mass is 9.91. The van der Waals surface area contributed by atoms with E-state index in [0.29, 0.717) is 32.7 Å². The van der Waals surface area contributed by atoms with E-state index in [0.717, 1.165) is 10.2 Å². The number of hydrogen-bond acceptors (Lipinski definition) is 6. The number of ether oxygens (including phenoxy) is 2. The van der Waals surface area contributed by atoms with Gasteiger partial charge in [-0.3, -0.25) is 5.73 Å². The number of phenols is 1. The summed E-state index contributed by atoms with van der Waals surface area (Å²) >= 11 is 6.78. The minimum absolute atomic E-state index is 0.0285. The molecule has 152 valence electrons. The Bertz CT molecular complexity index is 1230. The van der Waals surface area contributed by atoms with Gasteiger partial charge < -0.3 is 14.6 Å². The Morgan fingerprint density at radius 1 is 1.27 bits per heavy atom. The van der Waals surface area contributed by atoms with Crippen LogP contribution in [-0.4, -0.2) is 28.2 Å². The number of phenolic OH excluding ortho intramolecular Hbond substituents is 1. The number of hydrogen-bond donors (Lipinski definition) is 2. The zero-order chi connectivity index (χ0) is 21.6. The number of aromatic nitrogens is 2. The van der Waals surface area contributed by atoms with E-state index in [2.05, 4.69) is 43.0 Å². The highest BCUT2D eigenvalue weighted by molar-refractivity contribution is 9.10. The summed E-state index contributed by atoms with van der Waals surface area (Å²) in [6, 6.07) is 13.1. The lowest BCUT2D eigenvalue weighted by Gasteiger charge is -2.25. The standard InChI is InChI=1S/C21H16Br2N4O3/c1-10-17-18(11-7-15(23)19(28)16(8-11)29-2)14(9-24)20(25)30-21(17)27(26-10)13-5-3-12(22)4-6-13/h3-8,20,28H,25H2,1-2H3. The van der Waals surface area contributed by atoms with Gasteiger partial charge in [-0.05, 0) is 64.8 Å². The number of halogens is 2. The molecule has 4 rings (SSSR count). The second kappa shape index (κ2) is 7.80. The van der Waals surface area contributed by atoms with Crippen LogP contribution in [0.25, 0.3) is 11.3 Å². The van der Waals surface area contributed by atoms with Crippen molar-refractivity contribution in [2.45, 2.75) is 13.2 Å². The molecule has 2 aromatic carbocycles. The fraction of sp³-hybridized carbons (Fsp3) is 0.143. The van der Waals surface area contributed by atoms with Crippen molar-refractivity contribution in [2.24, 2.45) is 5.73 Å². The van der Waals surface area contributed by atoms with Gasteiger partial charge in [0.15, 0.2) is 17.7 Å². The summed E-state index contributed by atoms with van der Waals surface area (Å²) in [7, 11) is 1.46. The highest BCUT2D eigenvalue weighted by Crippen LogP contribution is 2.45. The summed E-state index contributed by atoms with van der Waals surface area (Å²) < 4.78 is 14.2. The number of nitrogens with two attached hydrogens (primary N) is 1. The molecular weight excluding hydrogens is 516 g/mol. The van der Waals surface area contributed by atoms with E-state index in [1.165, 1.54) is 7.11 Å². The molecule has 1 unspecified atom stereocenters. The highest BCUT2D eigenvalue weighted by Gasteiger charge is 2.34. The maximum Gasteiger partial charge on any atom is 0.226 e. The van der Waals surface area contributed by atoms with Crippen LogP contribution in [0.1, 0.15) is 16.8 Å². The first-order chi connectivity index (χ1) is 14.3. The number of aromatic hydroxyl groups is 1. The molecular formula is C21H16Br2N4O3. The minimum atomic E-state index is -0.971. The van der Waals surface area contributed by atoms with E-state index in [1.54, 1.807) is 16.8 Å². The number of nitriles is 1. The molecule has 0 radical (unpaired) electrons. The van der Waals surface area contributed by atoms with E-state index in [1.807, 2.05) is 31.2 Å². The van der Waals surface area contributed by atoms with Gasteiger partial charge in [0, 0.05) is 10.0 Å². The lowest BCUT2D eigenvalue weighted by molar-refractivity contribution is 0.228. The van der Waals surface area contributed by atoms with Gasteiger partial charge in [0.2, 0.25) is 5.88 Å². The predicted molar refractivity (Wildman–Crippen MR) is 119 cm³/mol. The van der Waals surface area contributed by atoms with Gasteiger partial charge in [0.05, 0.1) is 34.1 Å². The van der Waals surface area contributed by atoms with Crippen molar-refractivity contribution in [3.63, 3.8) is 0 Å². The van der Waals surface area contributed by atoms with Crippen LogP contribution in [0.2, 0.25) is 0 Å². The van der Waals surface area contributed by atoms with Crippen LogP contribution >= 0.6 is 31.9 Å². The highest BCUT2D eigenvalue weighted by atomic mass is 79.9. The Labute approximate surface area is 189 Å². The summed E-state index contributed by atoms with van der Waals surface area (Å²) in [6.07, 6.45) is -0.971. The second-order valence-corrected chi connectivity index (χ2v) is 8.37. The molecule has 30 heavy (non-hydrogen) atoms. The Morgan fingerprint density at radius 3 is 2.60 bits per heavy atom. The van der Waals surface area contributed by atoms with Gasteiger partial charge >= 0.3 is 0 Å². The SMILES string of the molecule is COc1cc(C2=C(C#N)C(N)Oc3c2c(C)nn3-c2ccc(Br)cc2)cc(Br)c1O. The first-order valence-corrected chi connectivity index (χ1v) is 10.4. The van der Waals surface area contributed by atoms with Crippen molar-refractivity contribution in [3.05, 3.63) is 67.7 Å². The fourth-order valence-electron chi connectivity index (χ4n) is 3.41. The molecule has 0 fully saturated rings. The van der Waals surface area contributed by atoms with Gasteiger partial charge in [0.25, 0.3) is 0 Å². The Hall–Kier alpha value is -2.80. The van der Waals surface area contributed by atoms with Gasteiger partial charge in [-0.15, -0.1) is 0 Å². The first-order valence-electron chi connectivity index (χ1n) is 8.85. The number of aryl methyl sites for hydroxylation is 1. The Kier molecular flexibility index (Phi) is 5.32. The van der Waals surface area contributed by atoms with Gasteiger partial charge in [-0.2, -0.15) is 10.4 Å². The molecule has 0 saturated carbocycles. The van der Waals surface area contributed by atoms with Crippen LogP contribution in [0.4, 0.5) is 0 Å². The number of nitrogens with zero attached hydrogens (tertiary/aromatic N) is 3. The third kappa shape index (κ3) is 3.27. The topological polar surface area (TPSA) is 106 Å². The second-order valence-electron chi connectivity index (χ2n) is 6.60. The zero-order valence-electron chi connectivity index (χ0n) is 16.0. The summed E-state index contributed by atoms with van der Waals surface area (Å²) in [5, 5.41) is 24.7. The van der Waals surface area contributed by atoms with Crippen molar-refractivity contribution in [2.75, 3.05) is 7.11 Å². The Balaban J connectivity index is 2.00. The molecule has 2 heterocycles. The number of fused-ring (bicyclic) bond motifs is 1. The molecule has 9 heteroatoms. The van der Waals surface area contributed by atoms with Crippen molar-refractivity contribution >= 4 is 37.4 Å². The third-order valence-corrected chi connectivity index (χ3v) is 5.92. The molecule has 0 amide bonds. The maximum atomic E-state index is 10.2. The molecule has 3 aromatic rings. The van der Waals surface area contributed by atoms with Crippen molar-refractivity contribution < 1.29 is 14.6 Å². The zero-order valence-corrected chi connectivity index (χ0v) is 19.2. The molecule has 0 saturated heterocycles. The van der Waals surface area contributed by atoms with E-state index in [9.17, 15) is 10.4 Å². The van der Waals surface area contributed by atoms with Crippen molar-refractivity contribution in [3.8, 4) is 29.1 Å². The smallest absolute Gasteiger partial charge is 0.226 e. The third-order valence-electron chi connectivity index (χ3n) is 4.79. The average Bonchev–Trinajstić information content (AvgIpc) is 3.05.